The third-order valence-corrected chi connectivity index (χ3v) is 14.4. The van der Waals surface area contributed by atoms with Crippen LogP contribution in [-0.4, -0.2) is 8.58 Å². The van der Waals surface area contributed by atoms with Gasteiger partial charge in [-0.15, -0.1) is 0 Å². The predicted molar refractivity (Wildman–Crippen MR) is 268 cm³/mol. The molecule has 0 bridgehead atoms. The van der Waals surface area contributed by atoms with Crippen LogP contribution in [0.3, 0.4) is 0 Å². The summed E-state index contributed by atoms with van der Waals surface area (Å²) in [5.41, 5.74) is 15.0. The molecule has 0 fully saturated rings. The van der Waals surface area contributed by atoms with Crippen molar-refractivity contribution in [3.05, 3.63) is 228 Å². The van der Waals surface area contributed by atoms with Crippen LogP contribution in [-0.2, 0) is 0 Å². The number of fused-ring (bicyclic) bond motifs is 7. The van der Waals surface area contributed by atoms with Crippen LogP contribution in [0, 0.1) is 0 Å². The molecule has 2 aromatic heterocycles. The summed E-state index contributed by atoms with van der Waals surface area (Å²) in [4.78, 5) is 2.49. The van der Waals surface area contributed by atoms with Gasteiger partial charge in [0.1, 0.15) is 11.2 Å². The average molecular weight is 893 g/mol. The summed E-state index contributed by atoms with van der Waals surface area (Å²) >= 11 is -0.509. The van der Waals surface area contributed by atoms with Crippen LogP contribution in [0.4, 0.5) is 11.4 Å². The molecule has 0 unspecified atom stereocenters. The Hall–Kier alpha value is -7.28. The Morgan fingerprint density at radius 1 is 0.426 bits per heavy atom. The summed E-state index contributed by atoms with van der Waals surface area (Å²) in [5, 5.41) is 7.30. The monoisotopic (exact) mass is 892 g/mol. The summed E-state index contributed by atoms with van der Waals surface area (Å²) in [6.07, 6.45) is 4.65. The summed E-state index contributed by atoms with van der Waals surface area (Å²) in [6.45, 7) is 0. The molecule has 1 aliphatic heterocycles. The summed E-state index contributed by atoms with van der Waals surface area (Å²) in [7, 11) is 0. The van der Waals surface area contributed by atoms with Crippen LogP contribution in [0.1, 0.15) is 5.56 Å². The molecule has 0 spiro atoms. The third-order valence-electron chi connectivity index (χ3n) is 12.0. The zero-order valence-corrected chi connectivity index (χ0v) is 35.2. The van der Waals surface area contributed by atoms with Gasteiger partial charge in [-0.25, -0.2) is 0 Å². The van der Waals surface area contributed by atoms with E-state index < -0.39 is 20.7 Å². The van der Waals surface area contributed by atoms with Gasteiger partial charge in [-0.05, 0) is 104 Å². The predicted octanol–water partition coefficient (Wildman–Crippen LogP) is 16.0. The van der Waals surface area contributed by atoms with Gasteiger partial charge in [0.25, 0.3) is 0 Å². The summed E-state index contributed by atoms with van der Waals surface area (Å²) in [5.74, 6) is 0. The van der Waals surface area contributed by atoms with Gasteiger partial charge >= 0.3 is 0 Å². The van der Waals surface area contributed by atoms with Crippen molar-refractivity contribution in [3.8, 4) is 27.9 Å². The Balaban J connectivity index is 0.921. The van der Waals surface area contributed by atoms with Crippen molar-refractivity contribution in [2.75, 3.05) is 4.90 Å². The molecular weight excluding hydrogens is 856 g/mol. The molecule has 4 heteroatoms. The van der Waals surface area contributed by atoms with E-state index in [2.05, 4.69) is 220 Å². The molecule has 0 aliphatic carbocycles. The largest absolute Gasteiger partial charge is 0.456 e. The van der Waals surface area contributed by atoms with E-state index in [9.17, 15) is 0 Å². The smallest absolute Gasteiger partial charge is 0.136 e. The Kier molecular flexibility index (Phi) is 8.63. The van der Waals surface area contributed by atoms with Gasteiger partial charge in [0.2, 0.25) is 0 Å². The first kappa shape index (κ1) is 35.6. The number of allylic oxidation sites excluding steroid dienone is 3. The van der Waals surface area contributed by atoms with Gasteiger partial charge in [0.15, 0.2) is 0 Å². The average Bonchev–Trinajstić information content (AvgIpc) is 3.88. The van der Waals surface area contributed by atoms with E-state index >= 15 is 0 Å². The number of rotatable bonds is 7. The first-order valence-corrected chi connectivity index (χ1v) is 22.9. The van der Waals surface area contributed by atoms with Gasteiger partial charge in [0, 0.05) is 38.2 Å². The van der Waals surface area contributed by atoms with Crippen LogP contribution < -0.4 is 4.90 Å². The molecule has 9 aromatic carbocycles. The maximum absolute atomic E-state index is 6.25. The molecule has 11 aromatic rings. The minimum Gasteiger partial charge on any atom is -0.456 e. The highest BCUT2D eigenvalue weighted by Crippen LogP contribution is 2.43. The van der Waals surface area contributed by atoms with Crippen molar-refractivity contribution in [2.45, 2.75) is 0 Å². The first-order chi connectivity index (χ1) is 30.2. The summed E-state index contributed by atoms with van der Waals surface area (Å²) < 4.78 is 12.5. The van der Waals surface area contributed by atoms with E-state index in [1.165, 1.54) is 75.5 Å². The van der Waals surface area contributed by atoms with Crippen molar-refractivity contribution in [1.29, 1.82) is 0 Å². The number of aromatic nitrogens is 1. The number of hydrogen-bond acceptors (Lipinski definition) is 2. The van der Waals surface area contributed by atoms with E-state index in [0.717, 1.165) is 33.2 Å². The number of halogens is 1. The second kappa shape index (κ2) is 14.8. The lowest BCUT2D eigenvalue weighted by Gasteiger charge is -2.28. The number of nitrogens with zero attached hydrogens (tertiary/aromatic N) is 2. The fourth-order valence-corrected chi connectivity index (χ4v) is 11.5. The van der Waals surface area contributed by atoms with Crippen LogP contribution in [0.5, 0.6) is 0 Å². The van der Waals surface area contributed by atoms with Crippen molar-refractivity contribution < 1.29 is 4.42 Å². The van der Waals surface area contributed by atoms with Crippen LogP contribution in [0.2, 0.25) is 0 Å². The normalized spacial score (nSPS) is 12.9. The maximum Gasteiger partial charge on any atom is 0.136 e. The molecule has 0 radical (unpaired) electrons. The second-order valence-electron chi connectivity index (χ2n) is 15.5. The van der Waals surface area contributed by atoms with Gasteiger partial charge in [-0.3, -0.25) is 0 Å². The fourth-order valence-electron chi connectivity index (χ4n) is 9.08. The van der Waals surface area contributed by atoms with Gasteiger partial charge < -0.3 is 13.9 Å². The molecule has 0 saturated heterocycles. The zero-order chi connectivity index (χ0) is 40.3. The Morgan fingerprint density at radius 2 is 1.05 bits per heavy atom. The lowest BCUT2D eigenvalue weighted by atomic mass is 9.98. The SMILES string of the molecule is C1=IC(N(c2ccc(-c3ccccc3-n3c4ccccc4c4ccccc43)cc2)c2cccc3ccccc23)=CC=C1c1cccc(-c2ccc3c(c2)oc2ccccc23)c1. The Labute approximate surface area is 363 Å². The highest BCUT2D eigenvalue weighted by molar-refractivity contribution is 14.2. The van der Waals surface area contributed by atoms with Crippen molar-refractivity contribution in [1.82, 2.24) is 4.57 Å². The Bertz CT molecular complexity index is 3540. The molecule has 0 N–H and O–H groups in total. The quantitative estimate of drug-likeness (QED) is 0.117. The maximum atomic E-state index is 6.25. The minimum absolute atomic E-state index is 0.509. The minimum atomic E-state index is -0.509. The molecule has 288 valence electrons. The van der Waals surface area contributed by atoms with E-state index in [-0.39, 0.29) is 0 Å². The number of benzene rings is 9. The van der Waals surface area contributed by atoms with Crippen LogP contribution in [0.15, 0.2) is 227 Å². The molecule has 3 heterocycles. The molecule has 3 nitrogen and oxygen atoms in total. The van der Waals surface area contributed by atoms with E-state index in [0.29, 0.717) is 0 Å². The summed E-state index contributed by atoms with van der Waals surface area (Å²) in [6, 6.07) is 74.5. The van der Waals surface area contributed by atoms with E-state index in [1.807, 2.05) is 12.1 Å². The number of hydrogen-bond donors (Lipinski definition) is 0. The number of anilines is 2. The van der Waals surface area contributed by atoms with Gasteiger partial charge in [-0.1, -0.05) is 172 Å². The zero-order valence-electron chi connectivity index (χ0n) is 33.0. The molecule has 0 atom stereocenters. The standard InChI is InChI=1S/C57H37IN2O/c1-2-17-45-38(13-1)14-12-25-51(45)59(44-31-27-39(28-32-44)46-18-3-7-22-52(46)60-53-23-8-4-19-47(53)48-20-5-9-24-54(48)60)57-34-30-43(37-58-57)41-16-11-15-40(35-41)42-29-33-50-49-21-6-10-26-55(49)61-56(50)36-42/h1-37H. The highest BCUT2D eigenvalue weighted by Gasteiger charge is 2.20. The van der Waals surface area contributed by atoms with Gasteiger partial charge in [0.05, 0.1) is 26.1 Å². The molecule has 0 saturated carbocycles. The lowest BCUT2D eigenvalue weighted by molar-refractivity contribution is 0.669. The number of furan rings is 1. The fraction of sp³-hybridized carbons (Fsp3) is 0. The number of para-hydroxylation sites is 4. The van der Waals surface area contributed by atoms with E-state index in [4.69, 9.17) is 4.42 Å². The van der Waals surface area contributed by atoms with E-state index in [1.54, 1.807) is 0 Å². The second-order valence-corrected chi connectivity index (χ2v) is 17.8. The van der Waals surface area contributed by atoms with Crippen LogP contribution in [0.25, 0.3) is 88.0 Å². The molecule has 1 aliphatic rings. The molecule has 61 heavy (non-hydrogen) atoms. The van der Waals surface area contributed by atoms with Crippen LogP contribution >= 0.6 is 20.7 Å². The molecular formula is C57H37IN2O. The topological polar surface area (TPSA) is 21.3 Å². The first-order valence-electron chi connectivity index (χ1n) is 20.6. The Morgan fingerprint density at radius 3 is 1.85 bits per heavy atom. The van der Waals surface area contributed by atoms with Crippen molar-refractivity contribution in [3.63, 3.8) is 0 Å². The van der Waals surface area contributed by atoms with Crippen molar-refractivity contribution >= 4 is 96.2 Å². The molecule has 0 amide bonds. The molecule has 12 rings (SSSR count). The van der Waals surface area contributed by atoms with Crippen molar-refractivity contribution in [2.24, 2.45) is 0 Å². The lowest BCUT2D eigenvalue weighted by Crippen LogP contribution is -2.14. The highest BCUT2D eigenvalue weighted by atomic mass is 127. The third kappa shape index (κ3) is 6.13. The van der Waals surface area contributed by atoms with Gasteiger partial charge in [-0.2, -0.15) is 0 Å².